The van der Waals surface area contributed by atoms with E-state index < -0.39 is 0 Å². The van der Waals surface area contributed by atoms with Crippen molar-refractivity contribution in [3.63, 3.8) is 0 Å². The third kappa shape index (κ3) is 3.08. The number of pyridine rings is 1. The van der Waals surface area contributed by atoms with Crippen molar-refractivity contribution in [3.8, 4) is 0 Å². The van der Waals surface area contributed by atoms with Crippen molar-refractivity contribution in [3.05, 3.63) is 22.4 Å². The van der Waals surface area contributed by atoms with Crippen LogP contribution in [0, 0.1) is 6.92 Å². The average molecular weight is 308 g/mol. The lowest BCUT2D eigenvalue weighted by molar-refractivity contribution is -0.113. The highest BCUT2D eigenvalue weighted by Crippen LogP contribution is 2.15. The van der Waals surface area contributed by atoms with Crippen LogP contribution in [-0.2, 0) is 4.79 Å². The van der Waals surface area contributed by atoms with Gasteiger partial charge in [0.2, 0.25) is 5.91 Å². The molecule has 0 radical (unpaired) electrons. The lowest BCUT2D eigenvalue weighted by Crippen LogP contribution is -2.13. The molecule has 0 fully saturated rings. The number of aryl methyl sites for hydroxylation is 1. The van der Waals surface area contributed by atoms with E-state index in [0.717, 1.165) is 16.0 Å². The van der Waals surface area contributed by atoms with Crippen LogP contribution in [0.1, 0.15) is 5.69 Å². The molecule has 1 rings (SSSR count). The van der Waals surface area contributed by atoms with Crippen LogP contribution in [0.2, 0.25) is 0 Å². The minimum Gasteiger partial charge on any atom is -0.324 e. The van der Waals surface area contributed by atoms with Crippen molar-refractivity contribution in [2.45, 2.75) is 6.92 Å². The predicted octanol–water partition coefficient (Wildman–Crippen LogP) is 2.49. The van der Waals surface area contributed by atoms with Gasteiger partial charge in [0.05, 0.1) is 16.7 Å². The fraction of sp³-hybridized carbons (Fsp3) is 0.250. The number of hydrogen-bond donors (Lipinski definition) is 1. The number of alkyl halides is 1. The molecule has 0 atom stereocenters. The molecule has 0 spiro atoms. The Morgan fingerprint density at radius 2 is 2.31 bits per heavy atom. The maximum absolute atomic E-state index is 11.0. The van der Waals surface area contributed by atoms with Crippen LogP contribution in [0.4, 0.5) is 5.69 Å². The predicted molar refractivity (Wildman–Crippen MR) is 59.1 cm³/mol. The molecule has 1 heterocycles. The van der Waals surface area contributed by atoms with Gasteiger partial charge in [0.25, 0.3) is 0 Å². The minimum atomic E-state index is -0.0766. The topological polar surface area (TPSA) is 42.0 Å². The summed E-state index contributed by atoms with van der Waals surface area (Å²) in [5, 5.41) is 3.01. The highest BCUT2D eigenvalue weighted by Gasteiger charge is 2.03. The summed E-state index contributed by atoms with van der Waals surface area (Å²) in [6.07, 6.45) is 0. The lowest BCUT2D eigenvalue weighted by atomic mass is 10.3. The van der Waals surface area contributed by atoms with E-state index in [1.807, 2.05) is 13.0 Å². The molecule has 13 heavy (non-hydrogen) atoms. The highest BCUT2D eigenvalue weighted by molar-refractivity contribution is 9.10. The number of halogens is 2. The van der Waals surface area contributed by atoms with Crippen LogP contribution in [0.5, 0.6) is 0 Å². The number of anilines is 1. The van der Waals surface area contributed by atoms with Crippen molar-refractivity contribution in [2.75, 3.05) is 10.6 Å². The molecule has 0 saturated carbocycles. The molecule has 0 aliphatic rings. The summed E-state index contributed by atoms with van der Waals surface area (Å²) >= 11 is 6.32. The first-order chi connectivity index (χ1) is 6.13. The quantitative estimate of drug-likeness (QED) is 0.674. The summed E-state index contributed by atoms with van der Waals surface area (Å²) < 4.78 is 0.766. The molecular weight excluding hydrogens is 300 g/mol. The normalized spacial score (nSPS) is 9.77. The first-order valence-corrected chi connectivity index (χ1v) is 5.54. The fourth-order valence-corrected chi connectivity index (χ4v) is 1.38. The van der Waals surface area contributed by atoms with Gasteiger partial charge >= 0.3 is 0 Å². The number of carbonyl (C=O) groups excluding carboxylic acids is 1. The van der Waals surface area contributed by atoms with Gasteiger partial charge in [-0.25, -0.2) is 4.98 Å². The molecule has 0 saturated heterocycles. The second-order valence-corrected chi connectivity index (χ2v) is 3.82. The first kappa shape index (κ1) is 10.7. The van der Waals surface area contributed by atoms with E-state index in [1.54, 1.807) is 6.07 Å². The van der Waals surface area contributed by atoms with Gasteiger partial charge < -0.3 is 5.32 Å². The molecule has 0 unspecified atom stereocenters. The van der Waals surface area contributed by atoms with Crippen molar-refractivity contribution in [1.82, 2.24) is 4.98 Å². The summed E-state index contributed by atoms with van der Waals surface area (Å²) in [4.78, 5) is 15.2. The molecule has 1 amide bonds. The standard InChI is InChI=1S/C8H8Br2N2O/c1-5-6(12-8(13)4-9)2-3-7(10)11-5/h2-3H,4H2,1H3,(H,12,13). The molecule has 5 heteroatoms. The molecule has 0 aliphatic heterocycles. The van der Waals surface area contributed by atoms with Crippen LogP contribution < -0.4 is 5.32 Å². The molecule has 1 aromatic rings. The molecule has 0 aromatic carbocycles. The summed E-state index contributed by atoms with van der Waals surface area (Å²) in [7, 11) is 0. The monoisotopic (exact) mass is 306 g/mol. The molecule has 0 bridgehead atoms. The molecular formula is C8H8Br2N2O. The lowest BCUT2D eigenvalue weighted by Gasteiger charge is -2.05. The third-order valence-electron chi connectivity index (χ3n) is 1.45. The number of amides is 1. The van der Waals surface area contributed by atoms with Crippen LogP contribution in [0.3, 0.4) is 0 Å². The van der Waals surface area contributed by atoms with Crippen LogP contribution >= 0.6 is 31.9 Å². The van der Waals surface area contributed by atoms with Crippen molar-refractivity contribution in [2.24, 2.45) is 0 Å². The summed E-state index contributed by atoms with van der Waals surface area (Å²) in [6.45, 7) is 1.84. The maximum atomic E-state index is 11.0. The Balaban J connectivity index is 2.83. The number of hydrogen-bond acceptors (Lipinski definition) is 2. The van der Waals surface area contributed by atoms with E-state index in [4.69, 9.17) is 0 Å². The highest BCUT2D eigenvalue weighted by atomic mass is 79.9. The summed E-state index contributed by atoms with van der Waals surface area (Å²) in [6, 6.07) is 3.60. The Morgan fingerprint density at radius 1 is 1.62 bits per heavy atom. The molecule has 1 N–H and O–H groups in total. The molecule has 1 aromatic heterocycles. The Bertz CT molecular complexity index is 328. The van der Waals surface area contributed by atoms with Gasteiger partial charge in [-0.3, -0.25) is 4.79 Å². The van der Waals surface area contributed by atoms with Gasteiger partial charge in [-0.05, 0) is 35.0 Å². The molecule has 3 nitrogen and oxygen atoms in total. The van der Waals surface area contributed by atoms with Gasteiger partial charge in [-0.15, -0.1) is 0 Å². The van der Waals surface area contributed by atoms with Crippen molar-refractivity contribution < 1.29 is 4.79 Å². The Hall–Kier alpha value is -0.420. The third-order valence-corrected chi connectivity index (χ3v) is 2.40. The molecule has 70 valence electrons. The number of aromatic nitrogens is 1. The summed E-state index contributed by atoms with van der Waals surface area (Å²) in [5.41, 5.74) is 1.54. The van der Waals surface area contributed by atoms with E-state index in [1.165, 1.54) is 0 Å². The Kier molecular flexibility index (Phi) is 3.87. The van der Waals surface area contributed by atoms with Gasteiger partial charge in [0.15, 0.2) is 0 Å². The minimum absolute atomic E-state index is 0.0766. The second kappa shape index (κ2) is 4.72. The van der Waals surface area contributed by atoms with E-state index >= 15 is 0 Å². The smallest absolute Gasteiger partial charge is 0.235 e. The van der Waals surface area contributed by atoms with Crippen LogP contribution in [0.25, 0.3) is 0 Å². The fourth-order valence-electron chi connectivity index (χ4n) is 0.846. The molecule has 0 aliphatic carbocycles. The Morgan fingerprint density at radius 3 is 2.85 bits per heavy atom. The van der Waals surface area contributed by atoms with Crippen molar-refractivity contribution in [1.29, 1.82) is 0 Å². The second-order valence-electron chi connectivity index (χ2n) is 2.45. The zero-order valence-electron chi connectivity index (χ0n) is 6.97. The van der Waals surface area contributed by atoms with Crippen molar-refractivity contribution >= 4 is 43.5 Å². The maximum Gasteiger partial charge on any atom is 0.235 e. The van der Waals surface area contributed by atoms with E-state index in [2.05, 4.69) is 42.2 Å². The summed E-state index contributed by atoms with van der Waals surface area (Å²) in [5.74, 6) is -0.0766. The van der Waals surface area contributed by atoms with Gasteiger partial charge in [-0.1, -0.05) is 15.9 Å². The number of nitrogens with one attached hydrogen (secondary N) is 1. The van der Waals surface area contributed by atoms with Crippen LogP contribution in [0.15, 0.2) is 16.7 Å². The zero-order valence-corrected chi connectivity index (χ0v) is 10.1. The van der Waals surface area contributed by atoms with E-state index in [-0.39, 0.29) is 5.91 Å². The number of carbonyl (C=O) groups is 1. The van der Waals surface area contributed by atoms with Gasteiger partial charge in [-0.2, -0.15) is 0 Å². The van der Waals surface area contributed by atoms with E-state index in [0.29, 0.717) is 5.33 Å². The zero-order chi connectivity index (χ0) is 9.84. The van der Waals surface area contributed by atoms with Gasteiger partial charge in [0.1, 0.15) is 4.60 Å². The van der Waals surface area contributed by atoms with Crippen LogP contribution in [-0.4, -0.2) is 16.2 Å². The Labute approximate surface area is 93.2 Å². The number of rotatable bonds is 2. The van der Waals surface area contributed by atoms with E-state index in [9.17, 15) is 4.79 Å². The number of nitrogens with zero attached hydrogens (tertiary/aromatic N) is 1. The first-order valence-electron chi connectivity index (χ1n) is 3.62. The SMILES string of the molecule is Cc1nc(Br)ccc1NC(=O)CBr. The largest absolute Gasteiger partial charge is 0.324 e. The van der Waals surface area contributed by atoms with Gasteiger partial charge in [0, 0.05) is 0 Å². The average Bonchev–Trinajstić information content (AvgIpc) is 2.09.